The molecule has 2 aromatic carbocycles. The van der Waals surface area contributed by atoms with E-state index in [1.807, 2.05) is 0 Å². The number of fused-ring (bicyclic) bond motifs is 1. The molecule has 0 unspecified atom stereocenters. The van der Waals surface area contributed by atoms with E-state index in [-0.39, 0.29) is 37.8 Å². The lowest BCUT2D eigenvalue weighted by Crippen LogP contribution is -2.13. The molecule has 0 spiro atoms. The first-order valence-corrected chi connectivity index (χ1v) is 9.75. The van der Waals surface area contributed by atoms with Gasteiger partial charge >= 0.3 is 5.51 Å². The summed E-state index contributed by atoms with van der Waals surface area (Å²) in [6, 6.07) is 11.6. The Morgan fingerprint density at radius 2 is 1.81 bits per heavy atom. The van der Waals surface area contributed by atoms with Crippen LogP contribution in [-0.4, -0.2) is 18.9 Å². The van der Waals surface area contributed by atoms with Gasteiger partial charge in [-0.1, -0.05) is 29.8 Å². The topological polar surface area (TPSA) is 59.1 Å². The number of alkyl halides is 3. The van der Waals surface area contributed by atoms with Crippen molar-refractivity contribution in [2.75, 3.05) is 4.72 Å². The molecule has 4 nitrogen and oxygen atoms in total. The monoisotopic (exact) mass is 418 g/mol. The summed E-state index contributed by atoms with van der Waals surface area (Å²) in [5, 5.41) is 0.439. The summed E-state index contributed by atoms with van der Waals surface area (Å²) in [6.07, 6.45) is 1.47. The van der Waals surface area contributed by atoms with Gasteiger partial charge in [0.25, 0.3) is 10.0 Å². The first-order valence-electron chi connectivity index (χ1n) is 7.07. The van der Waals surface area contributed by atoms with Crippen molar-refractivity contribution in [1.29, 1.82) is 0 Å². The summed E-state index contributed by atoms with van der Waals surface area (Å²) in [5.74, 6) is 0. The highest BCUT2D eigenvalue weighted by Crippen LogP contribution is 2.41. The predicted molar refractivity (Wildman–Crippen MR) is 95.9 cm³/mol. The van der Waals surface area contributed by atoms with Gasteiger partial charge in [0.2, 0.25) is 0 Å². The van der Waals surface area contributed by atoms with Gasteiger partial charge in [-0.25, -0.2) is 8.42 Å². The lowest BCUT2D eigenvalue weighted by atomic mass is 10.2. The lowest BCUT2D eigenvalue weighted by Gasteiger charge is -2.12. The minimum absolute atomic E-state index is 0.0412. The van der Waals surface area contributed by atoms with Gasteiger partial charge in [0.1, 0.15) is 4.90 Å². The molecular weight excluding hydrogens is 409 g/mol. The highest BCUT2D eigenvalue weighted by atomic mass is 35.5. The summed E-state index contributed by atoms with van der Waals surface area (Å²) in [5.41, 5.74) is -4.15. The fourth-order valence-corrected chi connectivity index (χ4v) is 4.34. The third kappa shape index (κ3) is 4.22. The fraction of sp³-hybridized carbons (Fsp3) is 0.0625. The Labute approximate surface area is 156 Å². The number of nitrogens with one attached hydrogen (secondary N) is 1. The van der Waals surface area contributed by atoms with E-state index in [9.17, 15) is 21.6 Å². The van der Waals surface area contributed by atoms with Crippen LogP contribution in [0.5, 0.6) is 0 Å². The highest BCUT2D eigenvalue weighted by molar-refractivity contribution is 8.00. The molecular formula is C16H10ClF3N2O2S2. The minimum Gasteiger partial charge on any atom is -0.280 e. The second-order valence-electron chi connectivity index (χ2n) is 5.13. The number of benzene rings is 2. The van der Waals surface area contributed by atoms with E-state index in [0.29, 0.717) is 5.39 Å². The van der Waals surface area contributed by atoms with Crippen molar-refractivity contribution in [3.63, 3.8) is 0 Å². The number of aromatic nitrogens is 1. The van der Waals surface area contributed by atoms with Crippen LogP contribution in [0.4, 0.5) is 18.9 Å². The molecule has 0 saturated carbocycles. The molecule has 0 fully saturated rings. The summed E-state index contributed by atoms with van der Waals surface area (Å²) < 4.78 is 65.0. The molecule has 0 atom stereocenters. The zero-order chi connectivity index (χ0) is 18.9. The molecule has 0 radical (unpaired) electrons. The number of anilines is 1. The van der Waals surface area contributed by atoms with E-state index >= 15 is 0 Å². The number of hydrogen-bond acceptors (Lipinski definition) is 4. The number of halogens is 4. The average molecular weight is 419 g/mol. The maximum atomic E-state index is 12.7. The smallest absolute Gasteiger partial charge is 0.280 e. The SMILES string of the molecule is O=S(=O)(Nc1ccc(SC(F)(F)F)c(Cl)c1)c1cccc2cccnc12. The van der Waals surface area contributed by atoms with Crippen molar-refractivity contribution in [3.8, 4) is 0 Å². The van der Waals surface area contributed by atoms with E-state index < -0.39 is 15.5 Å². The van der Waals surface area contributed by atoms with Crippen LogP contribution >= 0.6 is 23.4 Å². The van der Waals surface area contributed by atoms with Gasteiger partial charge in [-0.2, -0.15) is 13.2 Å². The fourth-order valence-electron chi connectivity index (χ4n) is 2.27. The largest absolute Gasteiger partial charge is 0.446 e. The quantitative estimate of drug-likeness (QED) is 0.584. The molecule has 3 aromatic rings. The van der Waals surface area contributed by atoms with Crippen molar-refractivity contribution in [2.24, 2.45) is 0 Å². The summed E-state index contributed by atoms with van der Waals surface area (Å²) in [6.45, 7) is 0. The molecule has 26 heavy (non-hydrogen) atoms. The summed E-state index contributed by atoms with van der Waals surface area (Å²) in [4.78, 5) is 3.83. The van der Waals surface area contributed by atoms with E-state index in [2.05, 4.69) is 9.71 Å². The van der Waals surface area contributed by atoms with Crippen molar-refractivity contribution >= 4 is 50.0 Å². The van der Waals surface area contributed by atoms with Gasteiger partial charge in [0.15, 0.2) is 0 Å². The number of nitrogens with zero attached hydrogens (tertiary/aromatic N) is 1. The number of rotatable bonds is 4. The van der Waals surface area contributed by atoms with Crippen LogP contribution in [0.3, 0.4) is 0 Å². The Morgan fingerprint density at radius 1 is 1.08 bits per heavy atom. The van der Waals surface area contributed by atoms with Gasteiger partial charge in [0, 0.05) is 16.5 Å². The number of sulfonamides is 1. The molecule has 0 saturated heterocycles. The molecule has 0 aliphatic rings. The maximum Gasteiger partial charge on any atom is 0.446 e. The third-order valence-electron chi connectivity index (χ3n) is 3.29. The maximum absolute atomic E-state index is 12.7. The zero-order valence-electron chi connectivity index (χ0n) is 12.8. The van der Waals surface area contributed by atoms with Crippen molar-refractivity contribution in [3.05, 3.63) is 59.8 Å². The van der Waals surface area contributed by atoms with Gasteiger partial charge < -0.3 is 0 Å². The van der Waals surface area contributed by atoms with Gasteiger partial charge in [-0.15, -0.1) is 0 Å². The van der Waals surface area contributed by atoms with Crippen molar-refractivity contribution in [2.45, 2.75) is 15.3 Å². The Bertz CT molecular complexity index is 1070. The molecule has 1 aromatic heterocycles. The van der Waals surface area contributed by atoms with Crippen LogP contribution < -0.4 is 4.72 Å². The molecule has 1 heterocycles. The van der Waals surface area contributed by atoms with E-state index in [0.717, 1.165) is 12.1 Å². The normalized spacial score (nSPS) is 12.3. The summed E-state index contributed by atoms with van der Waals surface area (Å²) in [7, 11) is -4.00. The molecule has 0 aliphatic carbocycles. The van der Waals surface area contributed by atoms with Crippen molar-refractivity contribution in [1.82, 2.24) is 4.98 Å². The zero-order valence-corrected chi connectivity index (χ0v) is 15.2. The molecule has 136 valence electrons. The molecule has 1 N–H and O–H groups in total. The van der Waals surface area contributed by atoms with Crippen LogP contribution in [0.15, 0.2) is 64.5 Å². The highest BCUT2D eigenvalue weighted by Gasteiger charge is 2.30. The second kappa shape index (κ2) is 6.98. The number of thioether (sulfide) groups is 1. The standard InChI is InChI=1S/C16H10ClF3N2O2S2/c17-12-9-11(6-7-13(12)25-16(18,19)20)22-26(23,24)14-5-1-3-10-4-2-8-21-15(10)14/h1-9,22H. The van der Waals surface area contributed by atoms with Crippen molar-refractivity contribution < 1.29 is 21.6 Å². The van der Waals surface area contributed by atoms with Crippen LogP contribution in [-0.2, 0) is 10.0 Å². The average Bonchev–Trinajstić information content (AvgIpc) is 2.55. The van der Waals surface area contributed by atoms with E-state index in [4.69, 9.17) is 11.6 Å². The number of hydrogen-bond donors (Lipinski definition) is 1. The number of pyridine rings is 1. The Hall–Kier alpha value is -1.97. The molecule has 0 aliphatic heterocycles. The van der Waals surface area contributed by atoms with Crippen LogP contribution in [0.25, 0.3) is 10.9 Å². The number of para-hydroxylation sites is 1. The Balaban J connectivity index is 1.94. The second-order valence-corrected chi connectivity index (χ2v) is 8.29. The van der Waals surface area contributed by atoms with E-state index in [1.165, 1.54) is 18.3 Å². The van der Waals surface area contributed by atoms with Crippen LogP contribution in [0.2, 0.25) is 5.02 Å². The Morgan fingerprint density at radius 3 is 2.50 bits per heavy atom. The first-order chi connectivity index (χ1) is 12.2. The van der Waals surface area contributed by atoms with Crippen LogP contribution in [0.1, 0.15) is 0 Å². The third-order valence-corrected chi connectivity index (χ3v) is 5.94. The predicted octanol–water partition coefficient (Wildman–Crippen LogP) is 5.30. The van der Waals surface area contributed by atoms with E-state index in [1.54, 1.807) is 24.3 Å². The molecule has 0 amide bonds. The minimum atomic E-state index is -4.49. The van der Waals surface area contributed by atoms with Gasteiger partial charge in [0.05, 0.1) is 16.2 Å². The van der Waals surface area contributed by atoms with Gasteiger partial charge in [-0.3, -0.25) is 9.71 Å². The van der Waals surface area contributed by atoms with Crippen LogP contribution in [0, 0.1) is 0 Å². The first kappa shape index (κ1) is 18.8. The lowest BCUT2D eigenvalue weighted by molar-refractivity contribution is -0.0328. The molecule has 3 rings (SSSR count). The van der Waals surface area contributed by atoms with Gasteiger partial charge in [-0.05, 0) is 42.1 Å². The molecule has 0 bridgehead atoms. The molecule has 10 heteroatoms. The summed E-state index contributed by atoms with van der Waals surface area (Å²) >= 11 is 5.47. The Kier molecular flexibility index (Phi) is 5.05.